The second-order valence-electron chi connectivity index (χ2n) is 7.81. The normalized spacial score (nSPS) is 14.4. The average molecular weight is 429 g/mol. The molecule has 2 N–H and O–H groups in total. The quantitative estimate of drug-likeness (QED) is 0.502. The van der Waals surface area contributed by atoms with Gasteiger partial charge in [-0.3, -0.25) is 14.5 Å². The minimum Gasteiger partial charge on any atom is -0.490 e. The van der Waals surface area contributed by atoms with Crippen molar-refractivity contribution in [3.05, 3.63) is 60.6 Å². The van der Waals surface area contributed by atoms with Gasteiger partial charge in [0.2, 0.25) is 0 Å². The number of piperidine rings is 1. The molecule has 32 heavy (non-hydrogen) atoms. The van der Waals surface area contributed by atoms with E-state index in [2.05, 4.69) is 30.9 Å². The zero-order valence-electron chi connectivity index (χ0n) is 17.7. The van der Waals surface area contributed by atoms with Crippen LogP contribution in [0.4, 0.5) is 5.82 Å². The number of hydrogen-bond donors (Lipinski definition) is 2. The van der Waals surface area contributed by atoms with Crippen LogP contribution in [-0.4, -0.2) is 50.1 Å². The Labute approximate surface area is 184 Å². The van der Waals surface area contributed by atoms with Gasteiger partial charge in [-0.2, -0.15) is 0 Å². The third-order valence-corrected chi connectivity index (χ3v) is 5.42. The number of ether oxygens (including phenoxy) is 1. The number of benzene rings is 1. The Balaban J connectivity index is 1.29. The lowest BCUT2D eigenvalue weighted by atomic mass is 10.1. The fourth-order valence-electron chi connectivity index (χ4n) is 3.69. The van der Waals surface area contributed by atoms with Crippen LogP contribution in [0.25, 0.3) is 22.2 Å². The molecule has 0 atom stereocenters. The van der Waals surface area contributed by atoms with Crippen molar-refractivity contribution in [2.45, 2.75) is 18.9 Å². The van der Waals surface area contributed by atoms with E-state index in [1.165, 1.54) is 0 Å². The Kier molecular flexibility index (Phi) is 5.47. The van der Waals surface area contributed by atoms with E-state index in [0.29, 0.717) is 22.8 Å². The van der Waals surface area contributed by atoms with E-state index in [1.807, 2.05) is 24.3 Å². The van der Waals surface area contributed by atoms with Crippen molar-refractivity contribution in [2.75, 3.05) is 18.4 Å². The fraction of sp³-hybridized carbons (Fsp3) is 0.261. The first-order chi connectivity index (χ1) is 15.6. The van der Waals surface area contributed by atoms with E-state index >= 15 is 0 Å². The van der Waals surface area contributed by atoms with Gasteiger partial charge in [-0.25, -0.2) is 4.98 Å². The monoisotopic (exact) mass is 429 g/mol. The summed E-state index contributed by atoms with van der Waals surface area (Å²) in [6.07, 6.45) is 7.43. The molecule has 5 rings (SSSR count). The molecule has 0 bridgehead atoms. The summed E-state index contributed by atoms with van der Waals surface area (Å²) in [6, 6.07) is 10.9. The highest BCUT2D eigenvalue weighted by Gasteiger charge is 2.15. The van der Waals surface area contributed by atoms with Gasteiger partial charge in [0.1, 0.15) is 23.4 Å². The number of carbonyl (C=O) groups excluding carboxylic acids is 1. The van der Waals surface area contributed by atoms with Gasteiger partial charge in [0.15, 0.2) is 0 Å². The van der Waals surface area contributed by atoms with Crippen molar-refractivity contribution in [1.82, 2.24) is 30.3 Å². The van der Waals surface area contributed by atoms with Gasteiger partial charge >= 0.3 is 0 Å². The minimum absolute atomic E-state index is 0.221. The van der Waals surface area contributed by atoms with Gasteiger partial charge in [-0.15, -0.1) is 5.10 Å². The summed E-state index contributed by atoms with van der Waals surface area (Å²) < 4.78 is 7.63. The maximum absolute atomic E-state index is 12.7. The predicted octanol–water partition coefficient (Wildman–Crippen LogP) is 2.81. The molecule has 1 saturated heterocycles. The molecule has 4 heterocycles. The molecule has 1 fully saturated rings. The molecule has 1 aromatic carbocycles. The maximum atomic E-state index is 12.7. The van der Waals surface area contributed by atoms with Crippen molar-refractivity contribution in [2.24, 2.45) is 7.05 Å². The van der Waals surface area contributed by atoms with Gasteiger partial charge < -0.3 is 15.4 Å². The van der Waals surface area contributed by atoms with Crippen LogP contribution in [0.3, 0.4) is 0 Å². The molecule has 0 unspecified atom stereocenters. The summed E-state index contributed by atoms with van der Waals surface area (Å²) in [5.41, 5.74) is 1.93. The number of rotatable bonds is 5. The number of aromatic nitrogens is 5. The van der Waals surface area contributed by atoms with E-state index in [0.717, 1.165) is 42.5 Å². The van der Waals surface area contributed by atoms with Crippen LogP contribution in [-0.2, 0) is 7.05 Å². The molecule has 0 spiro atoms. The topological polar surface area (TPSA) is 107 Å². The fourth-order valence-corrected chi connectivity index (χ4v) is 3.69. The van der Waals surface area contributed by atoms with Crippen molar-refractivity contribution >= 4 is 22.5 Å². The molecule has 1 amide bonds. The number of pyridine rings is 2. The predicted molar refractivity (Wildman–Crippen MR) is 120 cm³/mol. The number of anilines is 1. The van der Waals surface area contributed by atoms with Crippen molar-refractivity contribution in [1.29, 1.82) is 0 Å². The van der Waals surface area contributed by atoms with Gasteiger partial charge in [-0.05, 0) is 67.7 Å². The zero-order valence-corrected chi connectivity index (χ0v) is 17.7. The number of amides is 1. The summed E-state index contributed by atoms with van der Waals surface area (Å²) in [7, 11) is 1.81. The third-order valence-electron chi connectivity index (χ3n) is 5.42. The first-order valence-electron chi connectivity index (χ1n) is 10.6. The molecule has 4 aromatic rings. The summed E-state index contributed by atoms with van der Waals surface area (Å²) in [5, 5.41) is 16.0. The van der Waals surface area contributed by atoms with Crippen molar-refractivity contribution in [3.8, 4) is 17.1 Å². The Morgan fingerprint density at radius 1 is 1.06 bits per heavy atom. The van der Waals surface area contributed by atoms with Crippen molar-refractivity contribution in [3.63, 3.8) is 0 Å². The Bertz CT molecular complexity index is 1250. The van der Waals surface area contributed by atoms with Crippen LogP contribution in [0.2, 0.25) is 0 Å². The summed E-state index contributed by atoms with van der Waals surface area (Å²) in [6.45, 7) is 1.94. The van der Waals surface area contributed by atoms with E-state index in [9.17, 15) is 4.79 Å². The van der Waals surface area contributed by atoms with E-state index in [4.69, 9.17) is 4.74 Å². The Morgan fingerprint density at radius 2 is 1.84 bits per heavy atom. The molecule has 162 valence electrons. The van der Waals surface area contributed by atoms with E-state index in [-0.39, 0.29) is 12.0 Å². The van der Waals surface area contributed by atoms with Crippen molar-refractivity contribution < 1.29 is 9.53 Å². The molecule has 1 aliphatic heterocycles. The van der Waals surface area contributed by atoms with E-state index in [1.54, 1.807) is 42.5 Å². The standard InChI is InChI=1S/C23H23N7O2/c1-30-14-21(28-29-30)20-10-16-11-22(26-13-17(16)12-25-20)27-23(31)15-2-4-18(5-3-15)32-19-6-8-24-9-7-19/h2-5,10-14,19,24H,6-9H2,1H3,(H,26,27,31). The highest BCUT2D eigenvalue weighted by atomic mass is 16.5. The van der Waals surface area contributed by atoms with E-state index < -0.39 is 0 Å². The molecule has 0 aliphatic carbocycles. The number of nitrogens with zero attached hydrogens (tertiary/aromatic N) is 5. The van der Waals surface area contributed by atoms with Crippen LogP contribution < -0.4 is 15.4 Å². The number of fused-ring (bicyclic) bond motifs is 1. The molecule has 1 aliphatic rings. The van der Waals surface area contributed by atoms with Crippen LogP contribution in [0.1, 0.15) is 23.2 Å². The molecule has 9 heteroatoms. The molecule has 0 saturated carbocycles. The maximum Gasteiger partial charge on any atom is 0.256 e. The average Bonchev–Trinajstić information content (AvgIpc) is 3.26. The van der Waals surface area contributed by atoms with Gasteiger partial charge in [0.25, 0.3) is 5.91 Å². The summed E-state index contributed by atoms with van der Waals surface area (Å²) in [5.74, 6) is 1.02. The largest absolute Gasteiger partial charge is 0.490 e. The lowest BCUT2D eigenvalue weighted by Gasteiger charge is -2.23. The molecule has 0 radical (unpaired) electrons. The molecular formula is C23H23N7O2. The van der Waals surface area contributed by atoms with Crippen LogP contribution in [0.15, 0.2) is 55.0 Å². The Morgan fingerprint density at radius 3 is 2.59 bits per heavy atom. The van der Waals surface area contributed by atoms with Gasteiger partial charge in [0.05, 0.1) is 11.9 Å². The first-order valence-corrected chi connectivity index (χ1v) is 10.6. The number of hydrogen-bond acceptors (Lipinski definition) is 7. The number of aryl methyl sites for hydroxylation is 1. The number of nitrogens with one attached hydrogen (secondary N) is 2. The molecule has 3 aromatic heterocycles. The first kappa shape index (κ1) is 20.1. The molecular weight excluding hydrogens is 406 g/mol. The smallest absolute Gasteiger partial charge is 0.256 e. The summed E-state index contributed by atoms with van der Waals surface area (Å²) in [4.78, 5) is 21.5. The summed E-state index contributed by atoms with van der Waals surface area (Å²) >= 11 is 0. The van der Waals surface area contributed by atoms with Gasteiger partial charge in [0, 0.05) is 30.4 Å². The SMILES string of the molecule is Cn1cc(-c2cc3cc(NC(=O)c4ccc(OC5CCNCC5)cc4)ncc3cn2)nn1. The zero-order chi connectivity index (χ0) is 21.9. The highest BCUT2D eigenvalue weighted by Crippen LogP contribution is 2.22. The van der Waals surface area contributed by atoms with Crippen LogP contribution in [0, 0.1) is 0 Å². The minimum atomic E-state index is -0.228. The third kappa shape index (κ3) is 4.42. The highest BCUT2D eigenvalue weighted by molar-refractivity contribution is 6.04. The second-order valence-corrected chi connectivity index (χ2v) is 7.81. The van der Waals surface area contributed by atoms with Crippen LogP contribution in [0.5, 0.6) is 5.75 Å². The van der Waals surface area contributed by atoms with Gasteiger partial charge in [-0.1, -0.05) is 5.21 Å². The second kappa shape index (κ2) is 8.72. The Hall–Kier alpha value is -3.85. The lowest BCUT2D eigenvalue weighted by molar-refractivity contribution is 0.102. The lowest BCUT2D eigenvalue weighted by Crippen LogP contribution is -2.34. The number of carbonyl (C=O) groups is 1. The van der Waals surface area contributed by atoms with Crippen LogP contribution >= 0.6 is 0 Å². The molecule has 9 nitrogen and oxygen atoms in total.